The number of rotatable bonds is 5. The Balaban J connectivity index is 1.10. The zero-order valence-corrected chi connectivity index (χ0v) is 21.0. The molecule has 1 amide bonds. The molecule has 3 aliphatic rings. The van der Waals surface area contributed by atoms with Crippen molar-refractivity contribution < 1.29 is 27.8 Å². The number of nitrogens with zero attached hydrogens (tertiary/aromatic N) is 1. The molecule has 7 heteroatoms. The molecule has 2 saturated heterocycles. The third kappa shape index (κ3) is 4.57. The average molecular weight is 522 g/mol. The van der Waals surface area contributed by atoms with Gasteiger partial charge < -0.3 is 14.7 Å². The summed E-state index contributed by atoms with van der Waals surface area (Å²) < 4.78 is 45.1. The topological polar surface area (TPSA) is 49.8 Å². The van der Waals surface area contributed by atoms with Crippen LogP contribution in [-0.2, 0) is 17.3 Å². The number of amides is 1. The molecule has 2 atom stereocenters. The van der Waals surface area contributed by atoms with Crippen molar-refractivity contribution in [3.63, 3.8) is 0 Å². The minimum absolute atomic E-state index is 0.0156. The number of aliphatic hydroxyl groups is 1. The number of halogens is 3. The summed E-state index contributed by atoms with van der Waals surface area (Å²) in [5, 5.41) is 11.4. The van der Waals surface area contributed by atoms with Crippen LogP contribution in [0.1, 0.15) is 60.3 Å². The molecular formula is C31H30F3NO3. The number of hydrogen-bond donors (Lipinski definition) is 1. The second kappa shape index (κ2) is 9.45. The first-order valence-corrected chi connectivity index (χ1v) is 13.2. The van der Waals surface area contributed by atoms with E-state index in [1.165, 1.54) is 17.2 Å². The standard InChI is InChI=1S/C31H30F3NO3/c32-31(33,34)21-7-5-6-20(16-21)14-15-30(37)17-22-12-13-23(18-30)35(22)29(36)38-19-28-26-10-3-1-8-24(26)25-9-2-4-11-27(25)28/h1-11,16,22-23,28,37H,12-15,17-19H2. The molecule has 1 aliphatic carbocycles. The molecule has 0 spiro atoms. The van der Waals surface area contributed by atoms with Gasteiger partial charge >= 0.3 is 12.3 Å². The zero-order chi connectivity index (χ0) is 26.5. The zero-order valence-electron chi connectivity index (χ0n) is 21.0. The first kappa shape index (κ1) is 25.0. The maximum Gasteiger partial charge on any atom is 0.416 e. The molecule has 0 aromatic heterocycles. The highest BCUT2D eigenvalue weighted by Gasteiger charge is 2.50. The molecule has 2 unspecified atom stereocenters. The number of hydrogen-bond acceptors (Lipinski definition) is 3. The quantitative estimate of drug-likeness (QED) is 0.396. The highest BCUT2D eigenvalue weighted by Crippen LogP contribution is 2.46. The second-order valence-corrected chi connectivity index (χ2v) is 10.9. The molecule has 2 heterocycles. The van der Waals surface area contributed by atoms with Crippen LogP contribution >= 0.6 is 0 Å². The van der Waals surface area contributed by atoms with Crippen molar-refractivity contribution in [3.05, 3.63) is 95.1 Å². The van der Waals surface area contributed by atoms with Gasteiger partial charge in [0.05, 0.1) is 11.2 Å². The van der Waals surface area contributed by atoms with Gasteiger partial charge in [-0.25, -0.2) is 4.79 Å². The molecule has 198 valence electrons. The van der Waals surface area contributed by atoms with Gasteiger partial charge in [-0.3, -0.25) is 0 Å². The summed E-state index contributed by atoms with van der Waals surface area (Å²) in [6, 6.07) is 21.4. The van der Waals surface area contributed by atoms with Gasteiger partial charge in [0.15, 0.2) is 0 Å². The van der Waals surface area contributed by atoms with Gasteiger partial charge in [0.2, 0.25) is 0 Å². The first-order valence-electron chi connectivity index (χ1n) is 13.2. The molecule has 2 bridgehead atoms. The molecule has 2 fully saturated rings. The first-order chi connectivity index (χ1) is 18.2. The van der Waals surface area contributed by atoms with E-state index in [0.717, 1.165) is 36.1 Å². The van der Waals surface area contributed by atoms with E-state index in [2.05, 4.69) is 24.3 Å². The fraction of sp³-hybridized carbons (Fsp3) is 0.387. The number of aryl methyl sites for hydroxylation is 1. The van der Waals surface area contributed by atoms with Crippen LogP contribution in [0.4, 0.5) is 18.0 Å². The smallest absolute Gasteiger partial charge is 0.416 e. The van der Waals surface area contributed by atoms with E-state index in [4.69, 9.17) is 4.74 Å². The van der Waals surface area contributed by atoms with E-state index in [0.29, 0.717) is 31.2 Å². The minimum atomic E-state index is -4.39. The van der Waals surface area contributed by atoms with E-state index < -0.39 is 17.3 Å². The summed E-state index contributed by atoms with van der Waals surface area (Å²) in [6.45, 7) is 0.253. The fourth-order valence-corrected chi connectivity index (χ4v) is 6.77. The lowest BCUT2D eigenvalue weighted by molar-refractivity contribution is -0.137. The lowest BCUT2D eigenvalue weighted by Gasteiger charge is -2.43. The fourth-order valence-electron chi connectivity index (χ4n) is 6.77. The molecule has 38 heavy (non-hydrogen) atoms. The Kier molecular flexibility index (Phi) is 6.22. The maximum atomic E-state index is 13.3. The lowest BCUT2D eigenvalue weighted by Crippen LogP contribution is -2.53. The predicted octanol–water partition coefficient (Wildman–Crippen LogP) is 6.95. The second-order valence-electron chi connectivity index (χ2n) is 10.9. The Morgan fingerprint density at radius 2 is 1.53 bits per heavy atom. The van der Waals surface area contributed by atoms with Gasteiger partial charge in [-0.1, -0.05) is 66.7 Å². The largest absolute Gasteiger partial charge is 0.448 e. The van der Waals surface area contributed by atoms with Crippen LogP contribution in [0.15, 0.2) is 72.8 Å². The summed E-state index contributed by atoms with van der Waals surface area (Å²) >= 11 is 0. The van der Waals surface area contributed by atoms with Crippen molar-refractivity contribution >= 4 is 6.09 Å². The van der Waals surface area contributed by atoms with Crippen molar-refractivity contribution in [2.75, 3.05) is 6.61 Å². The van der Waals surface area contributed by atoms with Crippen LogP contribution in [-0.4, -0.2) is 40.4 Å². The summed E-state index contributed by atoms with van der Waals surface area (Å²) in [7, 11) is 0. The summed E-state index contributed by atoms with van der Waals surface area (Å²) in [5.74, 6) is -0.0156. The minimum Gasteiger partial charge on any atom is -0.448 e. The molecule has 3 aromatic rings. The Morgan fingerprint density at radius 1 is 0.921 bits per heavy atom. The van der Waals surface area contributed by atoms with Crippen molar-refractivity contribution in [3.8, 4) is 11.1 Å². The van der Waals surface area contributed by atoms with Crippen molar-refractivity contribution in [2.45, 2.75) is 68.3 Å². The van der Waals surface area contributed by atoms with E-state index in [9.17, 15) is 23.1 Å². The third-order valence-corrected chi connectivity index (χ3v) is 8.53. The highest BCUT2D eigenvalue weighted by atomic mass is 19.4. The molecule has 3 aromatic carbocycles. The van der Waals surface area contributed by atoms with Crippen LogP contribution < -0.4 is 0 Å². The van der Waals surface area contributed by atoms with Crippen molar-refractivity contribution in [1.82, 2.24) is 4.90 Å². The monoisotopic (exact) mass is 521 g/mol. The summed E-state index contributed by atoms with van der Waals surface area (Å²) in [4.78, 5) is 15.1. The normalized spacial score (nSPS) is 24.3. The van der Waals surface area contributed by atoms with Gasteiger partial charge in [-0.2, -0.15) is 13.2 Å². The Morgan fingerprint density at radius 3 is 2.13 bits per heavy atom. The average Bonchev–Trinajstić information content (AvgIpc) is 3.38. The van der Waals surface area contributed by atoms with Crippen molar-refractivity contribution in [1.29, 1.82) is 0 Å². The van der Waals surface area contributed by atoms with E-state index in [1.54, 1.807) is 11.0 Å². The molecule has 4 nitrogen and oxygen atoms in total. The van der Waals surface area contributed by atoms with Gasteiger partial charge in [0.1, 0.15) is 6.61 Å². The summed E-state index contributed by atoms with van der Waals surface area (Å²) in [5.41, 5.74) is 3.53. The van der Waals surface area contributed by atoms with E-state index in [-0.39, 0.29) is 30.7 Å². The molecule has 0 saturated carbocycles. The van der Waals surface area contributed by atoms with Crippen LogP contribution in [0, 0.1) is 0 Å². The number of piperidine rings is 1. The Labute approximate surface area is 220 Å². The molecule has 6 rings (SSSR count). The lowest BCUT2D eigenvalue weighted by atomic mass is 9.82. The van der Waals surface area contributed by atoms with Crippen LogP contribution in [0.5, 0.6) is 0 Å². The van der Waals surface area contributed by atoms with Gasteiger partial charge in [-0.15, -0.1) is 0 Å². The third-order valence-electron chi connectivity index (χ3n) is 8.53. The Hall–Kier alpha value is -3.32. The molecule has 1 N–H and O–H groups in total. The molecular weight excluding hydrogens is 491 g/mol. The number of carbonyl (C=O) groups is 1. The Bertz CT molecular complexity index is 1290. The molecule has 0 radical (unpaired) electrons. The summed E-state index contributed by atoms with van der Waals surface area (Å²) in [6.07, 6.45) is -1.62. The van der Waals surface area contributed by atoms with E-state index >= 15 is 0 Å². The molecule has 2 aliphatic heterocycles. The predicted molar refractivity (Wildman–Crippen MR) is 138 cm³/mol. The van der Waals surface area contributed by atoms with Crippen LogP contribution in [0.3, 0.4) is 0 Å². The van der Waals surface area contributed by atoms with E-state index in [1.807, 2.05) is 24.3 Å². The van der Waals surface area contributed by atoms with Gasteiger partial charge in [-0.05, 0) is 72.4 Å². The maximum absolute atomic E-state index is 13.3. The number of carbonyl (C=O) groups excluding carboxylic acids is 1. The SMILES string of the molecule is O=C(OCC1c2ccccc2-c2ccccc21)N1C2CCC1CC(O)(CCc1cccc(C(F)(F)F)c1)C2. The number of ether oxygens (including phenoxy) is 1. The highest BCUT2D eigenvalue weighted by molar-refractivity contribution is 5.79. The van der Waals surface area contributed by atoms with Crippen molar-refractivity contribution in [2.24, 2.45) is 0 Å². The van der Waals surface area contributed by atoms with Gasteiger partial charge in [0.25, 0.3) is 0 Å². The van der Waals surface area contributed by atoms with Gasteiger partial charge in [0, 0.05) is 18.0 Å². The number of fused-ring (bicyclic) bond motifs is 5. The number of benzene rings is 3. The van der Waals surface area contributed by atoms with Crippen LogP contribution in [0.2, 0.25) is 0 Å². The number of alkyl halides is 3. The van der Waals surface area contributed by atoms with Crippen LogP contribution in [0.25, 0.3) is 11.1 Å².